The number of carbonyl (C=O) groups is 1. The van der Waals surface area contributed by atoms with Gasteiger partial charge < -0.3 is 10.7 Å². The minimum Gasteiger partial charge on any atom is -0.327 e. The highest BCUT2D eigenvalue weighted by atomic mass is 16.1. The van der Waals surface area contributed by atoms with E-state index < -0.39 is 0 Å². The van der Waals surface area contributed by atoms with Gasteiger partial charge in [-0.1, -0.05) is 0 Å². The van der Waals surface area contributed by atoms with Crippen molar-refractivity contribution in [2.24, 2.45) is 0 Å². The van der Waals surface area contributed by atoms with Gasteiger partial charge in [-0.25, -0.2) is 0 Å². The Bertz CT molecular complexity index is 272. The summed E-state index contributed by atoms with van der Waals surface area (Å²) >= 11 is 0. The lowest BCUT2D eigenvalue weighted by Gasteiger charge is -1.99. The van der Waals surface area contributed by atoms with Gasteiger partial charge in [0, 0.05) is 12.4 Å². The van der Waals surface area contributed by atoms with Crippen molar-refractivity contribution in [1.82, 2.24) is 4.98 Å². The van der Waals surface area contributed by atoms with Gasteiger partial charge in [-0.15, -0.1) is 0 Å². The zero-order chi connectivity index (χ0) is 8.10. The molecular formula is C7H7N3O. The van der Waals surface area contributed by atoms with Crippen molar-refractivity contribution in [3.63, 3.8) is 0 Å². The van der Waals surface area contributed by atoms with E-state index in [4.69, 9.17) is 5.41 Å². The van der Waals surface area contributed by atoms with Gasteiger partial charge >= 0.3 is 0 Å². The molecule has 1 aromatic rings. The topological polar surface area (TPSA) is 65.8 Å². The van der Waals surface area contributed by atoms with Crippen molar-refractivity contribution in [2.75, 3.05) is 5.32 Å². The number of aromatic nitrogens is 1. The molecule has 0 unspecified atom stereocenters. The first-order chi connectivity index (χ1) is 5.38. The van der Waals surface area contributed by atoms with Crippen LogP contribution in [0.4, 0.5) is 5.69 Å². The lowest BCUT2D eigenvalue weighted by molar-refractivity contribution is -0.105. The van der Waals surface area contributed by atoms with Gasteiger partial charge in [0.2, 0.25) is 6.41 Å². The van der Waals surface area contributed by atoms with Gasteiger partial charge in [-0.2, -0.15) is 0 Å². The fourth-order valence-corrected chi connectivity index (χ4v) is 0.718. The molecule has 4 nitrogen and oxygen atoms in total. The lowest BCUT2D eigenvalue weighted by atomic mass is 10.3. The summed E-state index contributed by atoms with van der Waals surface area (Å²) in [6.07, 6.45) is 3.21. The van der Waals surface area contributed by atoms with E-state index in [0.717, 1.165) is 6.21 Å². The van der Waals surface area contributed by atoms with Crippen molar-refractivity contribution in [3.8, 4) is 0 Å². The van der Waals surface area contributed by atoms with Crippen LogP contribution in [-0.4, -0.2) is 17.6 Å². The second kappa shape index (κ2) is 3.46. The van der Waals surface area contributed by atoms with E-state index in [1.807, 2.05) is 0 Å². The third-order valence-electron chi connectivity index (χ3n) is 1.19. The number of carbonyl (C=O) groups excluding carboxylic acids is 1. The summed E-state index contributed by atoms with van der Waals surface area (Å²) in [6, 6.07) is 3.38. The van der Waals surface area contributed by atoms with Crippen LogP contribution in [0.15, 0.2) is 18.3 Å². The minimum atomic E-state index is 0.458. The van der Waals surface area contributed by atoms with Gasteiger partial charge in [0.05, 0.1) is 5.69 Å². The molecule has 0 bridgehead atoms. The maximum absolute atomic E-state index is 10.0. The third kappa shape index (κ3) is 1.61. The molecule has 0 saturated carbocycles. The van der Waals surface area contributed by atoms with Crippen molar-refractivity contribution < 1.29 is 4.79 Å². The van der Waals surface area contributed by atoms with E-state index in [0.29, 0.717) is 17.8 Å². The smallest absolute Gasteiger partial charge is 0.211 e. The largest absolute Gasteiger partial charge is 0.327 e. The number of nitrogens with one attached hydrogen (secondary N) is 2. The Morgan fingerprint density at radius 3 is 3.09 bits per heavy atom. The van der Waals surface area contributed by atoms with Gasteiger partial charge in [0.25, 0.3) is 0 Å². The summed E-state index contributed by atoms with van der Waals surface area (Å²) in [6.45, 7) is 0. The SMILES string of the molecule is N=Cc1ncccc1NC=O. The van der Waals surface area contributed by atoms with E-state index in [1.54, 1.807) is 18.3 Å². The Morgan fingerprint density at radius 2 is 2.45 bits per heavy atom. The first-order valence-corrected chi connectivity index (χ1v) is 3.04. The maximum atomic E-state index is 10.0. The van der Waals surface area contributed by atoms with Crippen LogP contribution in [0.1, 0.15) is 5.69 Å². The monoisotopic (exact) mass is 149 g/mol. The van der Waals surface area contributed by atoms with Crippen LogP contribution in [0.3, 0.4) is 0 Å². The summed E-state index contributed by atoms with van der Waals surface area (Å²) in [5.41, 5.74) is 1.01. The average Bonchev–Trinajstić information content (AvgIpc) is 2.06. The number of nitrogens with zero attached hydrogens (tertiary/aromatic N) is 1. The predicted octanol–water partition coefficient (Wildman–Crippen LogP) is 0.648. The molecule has 0 spiro atoms. The van der Waals surface area contributed by atoms with Crippen molar-refractivity contribution >= 4 is 18.3 Å². The summed E-state index contributed by atoms with van der Waals surface area (Å²) in [5, 5.41) is 9.35. The molecule has 0 aliphatic heterocycles. The Morgan fingerprint density at radius 1 is 1.64 bits per heavy atom. The van der Waals surface area contributed by atoms with Crippen molar-refractivity contribution in [3.05, 3.63) is 24.0 Å². The van der Waals surface area contributed by atoms with Gasteiger partial charge in [0.1, 0.15) is 5.69 Å². The molecule has 0 radical (unpaired) electrons. The number of pyridine rings is 1. The quantitative estimate of drug-likeness (QED) is 0.489. The van der Waals surface area contributed by atoms with Crippen LogP contribution in [-0.2, 0) is 4.79 Å². The second-order valence-electron chi connectivity index (χ2n) is 1.84. The fraction of sp³-hybridized carbons (Fsp3) is 0. The number of hydrogen-bond donors (Lipinski definition) is 2. The highest BCUT2D eigenvalue weighted by molar-refractivity contribution is 5.87. The van der Waals surface area contributed by atoms with E-state index >= 15 is 0 Å². The number of rotatable bonds is 3. The van der Waals surface area contributed by atoms with Crippen molar-refractivity contribution in [1.29, 1.82) is 5.41 Å². The maximum Gasteiger partial charge on any atom is 0.211 e. The molecule has 1 rings (SSSR count). The van der Waals surface area contributed by atoms with Crippen LogP contribution in [0, 0.1) is 5.41 Å². The summed E-state index contributed by atoms with van der Waals surface area (Å²) in [5.74, 6) is 0. The van der Waals surface area contributed by atoms with Crippen LogP contribution in [0.25, 0.3) is 0 Å². The normalized spacial score (nSPS) is 8.73. The zero-order valence-electron chi connectivity index (χ0n) is 5.74. The molecule has 2 N–H and O–H groups in total. The summed E-state index contributed by atoms with van der Waals surface area (Å²) in [7, 11) is 0. The molecule has 0 atom stereocenters. The summed E-state index contributed by atoms with van der Waals surface area (Å²) < 4.78 is 0. The second-order valence-corrected chi connectivity index (χ2v) is 1.84. The lowest BCUT2D eigenvalue weighted by Crippen LogP contribution is -1.99. The number of anilines is 1. The van der Waals surface area contributed by atoms with Crippen molar-refractivity contribution in [2.45, 2.75) is 0 Å². The zero-order valence-corrected chi connectivity index (χ0v) is 5.74. The molecular weight excluding hydrogens is 142 g/mol. The molecule has 0 aliphatic rings. The molecule has 1 amide bonds. The minimum absolute atomic E-state index is 0.458. The van der Waals surface area contributed by atoms with Gasteiger partial charge in [0.15, 0.2) is 0 Å². The highest BCUT2D eigenvalue weighted by Gasteiger charge is 1.96. The number of hydrogen-bond acceptors (Lipinski definition) is 3. The van der Waals surface area contributed by atoms with Crippen LogP contribution in [0.2, 0.25) is 0 Å². The molecule has 1 aromatic heterocycles. The standard InChI is InChI=1S/C7H7N3O/c8-4-7-6(10-5-11)2-1-3-9-7/h1-5,8H,(H,10,11). The molecule has 0 aliphatic carbocycles. The highest BCUT2D eigenvalue weighted by Crippen LogP contribution is 2.07. The number of amides is 1. The Hall–Kier alpha value is -1.71. The molecule has 56 valence electrons. The predicted molar refractivity (Wildman–Crippen MR) is 41.8 cm³/mol. The molecule has 4 heteroatoms. The Balaban J connectivity index is 3.01. The van der Waals surface area contributed by atoms with E-state index in [1.165, 1.54) is 0 Å². The van der Waals surface area contributed by atoms with E-state index in [2.05, 4.69) is 10.3 Å². The fourth-order valence-electron chi connectivity index (χ4n) is 0.718. The van der Waals surface area contributed by atoms with Crippen LogP contribution >= 0.6 is 0 Å². The summed E-state index contributed by atoms with van der Waals surface area (Å²) in [4.78, 5) is 13.9. The van der Waals surface area contributed by atoms with E-state index in [9.17, 15) is 4.79 Å². The first kappa shape index (κ1) is 7.40. The Kier molecular flexibility index (Phi) is 2.32. The molecule has 11 heavy (non-hydrogen) atoms. The van der Waals surface area contributed by atoms with E-state index in [-0.39, 0.29) is 0 Å². The van der Waals surface area contributed by atoms with Gasteiger partial charge in [-0.05, 0) is 12.1 Å². The van der Waals surface area contributed by atoms with Crippen LogP contribution < -0.4 is 5.32 Å². The molecule has 0 saturated heterocycles. The van der Waals surface area contributed by atoms with Gasteiger partial charge in [-0.3, -0.25) is 9.78 Å². The first-order valence-electron chi connectivity index (χ1n) is 3.04. The third-order valence-corrected chi connectivity index (χ3v) is 1.19. The Labute approximate surface area is 63.8 Å². The molecule has 0 fully saturated rings. The molecule has 0 aromatic carbocycles. The molecule has 1 heterocycles. The average molecular weight is 149 g/mol. The van der Waals surface area contributed by atoms with Crippen LogP contribution in [0.5, 0.6) is 0 Å².